The van der Waals surface area contributed by atoms with Gasteiger partial charge in [0, 0.05) is 102 Å². The molecule has 3 fully saturated rings. The molecule has 7 aromatic rings. The molecule has 3 aliphatic rings. The van der Waals surface area contributed by atoms with Crippen molar-refractivity contribution in [3.63, 3.8) is 0 Å². The molecule has 2 unspecified atom stereocenters. The Balaban J connectivity index is 1.01. The van der Waals surface area contributed by atoms with Gasteiger partial charge in [-0.3, -0.25) is 5.10 Å². The molecule has 12 heteroatoms. The Hall–Kier alpha value is -5.49. The molecule has 0 radical (unpaired) electrons. The number of aromatic amines is 1. The molecule has 270 valence electrons. The third-order valence-corrected chi connectivity index (χ3v) is 11.9. The third kappa shape index (κ3) is 6.04. The lowest BCUT2D eigenvalue weighted by Crippen LogP contribution is -2.44. The second kappa shape index (κ2) is 13.5. The zero-order valence-electron chi connectivity index (χ0n) is 30.2. The monoisotopic (exact) mass is 706 g/mol. The fraction of sp³-hybridized carbons (Fsp3) is 0.390. The van der Waals surface area contributed by atoms with E-state index in [9.17, 15) is 0 Å². The summed E-state index contributed by atoms with van der Waals surface area (Å²) in [6, 6.07) is 16.0. The number of H-pyrrole nitrogens is 1. The van der Waals surface area contributed by atoms with Gasteiger partial charge in [0.2, 0.25) is 11.9 Å². The van der Waals surface area contributed by atoms with Gasteiger partial charge in [-0.15, -0.1) is 0 Å². The number of nitrogens with one attached hydrogen (secondary N) is 4. The first-order chi connectivity index (χ1) is 26.1. The molecule has 6 heterocycles. The Bertz CT molecular complexity index is 2410. The van der Waals surface area contributed by atoms with Crippen molar-refractivity contribution in [3.8, 4) is 0 Å². The molecule has 2 atom stereocenters. The van der Waals surface area contributed by atoms with E-state index in [1.54, 1.807) is 0 Å². The highest BCUT2D eigenvalue weighted by Crippen LogP contribution is 2.47. The summed E-state index contributed by atoms with van der Waals surface area (Å²) in [6.45, 7) is 6.14. The van der Waals surface area contributed by atoms with Gasteiger partial charge in [0.15, 0.2) is 0 Å². The predicted molar refractivity (Wildman–Crippen MR) is 212 cm³/mol. The first-order valence-electron chi connectivity index (χ1n) is 19.4. The molecule has 53 heavy (non-hydrogen) atoms. The molecule has 0 spiro atoms. The summed E-state index contributed by atoms with van der Waals surface area (Å²) in [7, 11) is 0. The minimum absolute atomic E-state index is 0.254. The van der Waals surface area contributed by atoms with Gasteiger partial charge >= 0.3 is 0 Å². The summed E-state index contributed by atoms with van der Waals surface area (Å²) < 4.78 is 4.82. The van der Waals surface area contributed by atoms with Crippen LogP contribution in [0.5, 0.6) is 0 Å². The SMILES string of the molecule is Cc1cn(C2CCCCC2c2cc(Nc3ncc4ccn(C5CCCC5)c4n3)ccc2N2CCNCC2)c2nc(Nc3ccc4[nH]ncc4c3)ncc12. The van der Waals surface area contributed by atoms with Crippen LogP contribution < -0.4 is 20.9 Å². The molecular weight excluding hydrogens is 661 g/mol. The Morgan fingerprint density at radius 2 is 1.49 bits per heavy atom. The molecule has 10 rings (SSSR count). The maximum atomic E-state index is 5.17. The van der Waals surface area contributed by atoms with Crippen LogP contribution in [-0.4, -0.2) is 65.4 Å². The Labute approximate surface area is 308 Å². The van der Waals surface area contributed by atoms with Crippen molar-refractivity contribution in [2.75, 3.05) is 41.7 Å². The summed E-state index contributed by atoms with van der Waals surface area (Å²) in [6.07, 6.45) is 19.9. The average Bonchev–Trinajstić information content (AvgIpc) is 4.02. The van der Waals surface area contributed by atoms with Crippen molar-refractivity contribution in [1.29, 1.82) is 0 Å². The topological polar surface area (TPSA) is 129 Å². The smallest absolute Gasteiger partial charge is 0.229 e. The molecule has 12 nitrogen and oxygen atoms in total. The van der Waals surface area contributed by atoms with Gasteiger partial charge in [0.25, 0.3) is 0 Å². The van der Waals surface area contributed by atoms with E-state index in [1.807, 2.05) is 30.7 Å². The van der Waals surface area contributed by atoms with Crippen molar-refractivity contribution >= 4 is 61.9 Å². The number of piperazine rings is 1. The lowest BCUT2D eigenvalue weighted by molar-refractivity contribution is 0.310. The van der Waals surface area contributed by atoms with Crippen LogP contribution in [0.2, 0.25) is 0 Å². The van der Waals surface area contributed by atoms with E-state index < -0.39 is 0 Å². The summed E-state index contributed by atoms with van der Waals surface area (Å²) in [4.78, 5) is 22.3. The number of benzene rings is 2. The van der Waals surface area contributed by atoms with Gasteiger partial charge < -0.3 is 30.0 Å². The molecule has 1 aliphatic heterocycles. The Kier molecular flexibility index (Phi) is 8.19. The first kappa shape index (κ1) is 32.2. The number of nitrogens with zero attached hydrogens (tertiary/aromatic N) is 8. The van der Waals surface area contributed by atoms with Crippen LogP contribution in [0.25, 0.3) is 33.0 Å². The van der Waals surface area contributed by atoms with E-state index >= 15 is 0 Å². The number of aryl methyl sites for hydroxylation is 1. The zero-order valence-corrected chi connectivity index (χ0v) is 30.2. The number of hydrogen-bond acceptors (Lipinski definition) is 9. The van der Waals surface area contributed by atoms with Crippen LogP contribution in [0.15, 0.2) is 73.4 Å². The summed E-state index contributed by atoms with van der Waals surface area (Å²) in [5.41, 5.74) is 8.88. The van der Waals surface area contributed by atoms with Crippen molar-refractivity contribution in [2.45, 2.75) is 76.3 Å². The molecular formula is C41H46N12. The van der Waals surface area contributed by atoms with Crippen molar-refractivity contribution in [3.05, 3.63) is 84.6 Å². The van der Waals surface area contributed by atoms with E-state index in [0.29, 0.717) is 23.9 Å². The molecule has 1 saturated heterocycles. The number of anilines is 5. The fourth-order valence-electron chi connectivity index (χ4n) is 9.18. The molecule has 2 saturated carbocycles. The lowest BCUT2D eigenvalue weighted by Gasteiger charge is -2.38. The summed E-state index contributed by atoms with van der Waals surface area (Å²) >= 11 is 0. The highest BCUT2D eigenvalue weighted by Gasteiger charge is 2.33. The maximum Gasteiger partial charge on any atom is 0.229 e. The van der Waals surface area contributed by atoms with Crippen molar-refractivity contribution < 1.29 is 0 Å². The normalized spacial score (nSPS) is 19.8. The molecule has 0 amide bonds. The van der Waals surface area contributed by atoms with E-state index in [0.717, 1.165) is 83.4 Å². The highest BCUT2D eigenvalue weighted by atomic mass is 15.2. The predicted octanol–water partition coefficient (Wildman–Crippen LogP) is 8.27. The van der Waals surface area contributed by atoms with E-state index in [-0.39, 0.29) is 6.04 Å². The van der Waals surface area contributed by atoms with Crippen LogP contribution in [0, 0.1) is 6.92 Å². The van der Waals surface area contributed by atoms with E-state index in [2.05, 4.69) is 89.8 Å². The summed E-state index contributed by atoms with van der Waals surface area (Å²) in [5, 5.41) is 21.1. The van der Waals surface area contributed by atoms with Crippen molar-refractivity contribution in [1.82, 2.24) is 44.6 Å². The van der Waals surface area contributed by atoms with Gasteiger partial charge in [-0.1, -0.05) is 25.7 Å². The average molecular weight is 707 g/mol. The second-order valence-corrected chi connectivity index (χ2v) is 15.2. The van der Waals surface area contributed by atoms with Crippen molar-refractivity contribution in [2.24, 2.45) is 0 Å². The number of rotatable bonds is 8. The number of hydrogen-bond donors (Lipinski definition) is 4. The molecule has 5 aromatic heterocycles. The standard InChI is InChI=1S/C41H46N12/c1-26-25-53(39-34(26)24-44-41(49-39)46-29-10-12-35-28(20-29)23-45-50-35)37-9-5-4-8-32(37)33-21-30(11-13-36(33)51-18-15-42-16-19-51)47-40-43-22-27-14-17-52(38(27)48-40)31-6-2-3-7-31/h10-14,17,20-25,31-32,37,42H,2-9,15-16,18-19H2,1H3,(H,45,50)(H,43,47,48)(H,44,46,49). The van der Waals surface area contributed by atoms with Crippen LogP contribution >= 0.6 is 0 Å². The fourth-order valence-corrected chi connectivity index (χ4v) is 9.18. The van der Waals surface area contributed by atoms with Gasteiger partial charge in [-0.25, -0.2) is 9.97 Å². The van der Waals surface area contributed by atoms with Gasteiger partial charge in [-0.05, 0) is 86.2 Å². The molecule has 2 aromatic carbocycles. The quantitative estimate of drug-likeness (QED) is 0.123. The van der Waals surface area contributed by atoms with E-state index in [1.165, 1.54) is 55.3 Å². The van der Waals surface area contributed by atoms with E-state index in [4.69, 9.17) is 19.9 Å². The van der Waals surface area contributed by atoms with Crippen LogP contribution in [0.3, 0.4) is 0 Å². The first-order valence-corrected chi connectivity index (χ1v) is 19.4. The van der Waals surface area contributed by atoms with Gasteiger partial charge in [-0.2, -0.15) is 15.1 Å². The minimum Gasteiger partial charge on any atom is -0.369 e. The molecule has 4 N–H and O–H groups in total. The number of aromatic nitrogens is 8. The van der Waals surface area contributed by atoms with Gasteiger partial charge in [0.1, 0.15) is 11.3 Å². The second-order valence-electron chi connectivity index (χ2n) is 15.2. The maximum absolute atomic E-state index is 5.17. The van der Waals surface area contributed by atoms with Gasteiger partial charge in [0.05, 0.1) is 11.7 Å². The number of fused-ring (bicyclic) bond motifs is 3. The summed E-state index contributed by atoms with van der Waals surface area (Å²) in [5.74, 6) is 1.55. The van der Waals surface area contributed by atoms with Crippen LogP contribution in [0.1, 0.15) is 80.5 Å². The lowest BCUT2D eigenvalue weighted by atomic mass is 9.78. The Morgan fingerprint density at radius 3 is 2.36 bits per heavy atom. The largest absolute Gasteiger partial charge is 0.369 e. The minimum atomic E-state index is 0.254. The highest BCUT2D eigenvalue weighted by molar-refractivity contribution is 5.84. The third-order valence-electron chi connectivity index (χ3n) is 11.9. The van der Waals surface area contributed by atoms with Crippen LogP contribution in [-0.2, 0) is 0 Å². The molecule has 2 aliphatic carbocycles. The van der Waals surface area contributed by atoms with Crippen LogP contribution in [0.4, 0.5) is 29.0 Å². The molecule has 0 bridgehead atoms. The Morgan fingerprint density at radius 1 is 0.736 bits per heavy atom. The zero-order chi connectivity index (χ0) is 35.3.